The molecule has 9 nitrogen and oxygen atoms in total. The van der Waals surface area contributed by atoms with Gasteiger partial charge in [0.05, 0.1) is 25.4 Å². The fourth-order valence-corrected chi connectivity index (χ4v) is 13.4. The number of ether oxygens (including phenoxy) is 7. The van der Waals surface area contributed by atoms with Gasteiger partial charge in [0.15, 0.2) is 12.6 Å². The van der Waals surface area contributed by atoms with Gasteiger partial charge in [-0.2, -0.15) is 0 Å². The molecule has 2 saturated heterocycles. The van der Waals surface area contributed by atoms with Crippen molar-refractivity contribution in [2.75, 3.05) is 13.4 Å². The molecule has 0 radical (unpaired) electrons. The summed E-state index contributed by atoms with van der Waals surface area (Å²) in [7, 11) is -2.27. The summed E-state index contributed by atoms with van der Waals surface area (Å²) in [5.41, 5.74) is 5.01. The number of rotatable bonds is 17. The van der Waals surface area contributed by atoms with Crippen LogP contribution in [-0.4, -0.2) is 58.4 Å². The first kappa shape index (κ1) is 40.9. The highest BCUT2D eigenvalue weighted by Gasteiger charge is 2.53. The third-order valence-electron chi connectivity index (χ3n) is 10.8. The zero-order valence-corrected chi connectivity index (χ0v) is 33.9. The summed E-state index contributed by atoms with van der Waals surface area (Å²) in [6.07, 6.45) is -3.98. The van der Waals surface area contributed by atoms with Crippen molar-refractivity contribution >= 4 is 14.3 Å². The average Bonchev–Trinajstić information content (AvgIpc) is 3.20. The topological polar surface area (TPSA) is 90.9 Å². The molecule has 4 aromatic carbocycles. The molecular weight excluding hydrogens is 713 g/mol. The van der Waals surface area contributed by atoms with Crippen LogP contribution < -0.4 is 0 Å². The van der Waals surface area contributed by atoms with Crippen molar-refractivity contribution in [3.05, 3.63) is 143 Å². The molecule has 0 N–H and O–H groups in total. The first-order chi connectivity index (χ1) is 26.7. The molecule has 6 atom stereocenters. The van der Waals surface area contributed by atoms with E-state index in [-0.39, 0.29) is 33.2 Å². The Hall–Kier alpha value is -3.71. The Morgan fingerprint density at radius 2 is 1.24 bits per heavy atom. The molecule has 2 aliphatic heterocycles. The van der Waals surface area contributed by atoms with Crippen LogP contribution in [0.2, 0.25) is 16.6 Å². The number of esters is 1. The molecule has 0 aliphatic carbocycles. The Morgan fingerprint density at radius 3 is 1.87 bits per heavy atom. The number of benzene rings is 4. The molecule has 4 aromatic rings. The SMILES string of the molecule is CC(C)[Si](OCO[C@@H]1[C@H](OCc2ccccc2)[C@@H](OCc2ccccc2C(=O)OCc2ccccc2)O[C@@H]2CO[C@@H](c3ccccc3)O[C@@H]12)(C(C)C)C(C)C. The molecule has 0 spiro atoms. The van der Waals surface area contributed by atoms with Gasteiger partial charge in [-0.25, -0.2) is 4.79 Å². The zero-order valence-electron chi connectivity index (χ0n) is 32.9. The van der Waals surface area contributed by atoms with Crippen LogP contribution in [0.1, 0.15) is 80.4 Å². The van der Waals surface area contributed by atoms with Crippen molar-refractivity contribution < 1.29 is 42.4 Å². The maximum Gasteiger partial charge on any atom is 0.338 e. The Bertz CT molecular complexity index is 1730. The monoisotopic (exact) mass is 768 g/mol. The molecule has 0 unspecified atom stereocenters. The van der Waals surface area contributed by atoms with Crippen molar-refractivity contribution in [2.45, 2.75) is 115 Å². The Kier molecular flexibility index (Phi) is 14.5. The Labute approximate surface area is 327 Å². The van der Waals surface area contributed by atoms with E-state index in [1.807, 2.05) is 109 Å². The minimum Gasteiger partial charge on any atom is -0.457 e. The predicted molar refractivity (Wildman–Crippen MR) is 212 cm³/mol. The van der Waals surface area contributed by atoms with Gasteiger partial charge in [-0.05, 0) is 39.4 Å². The number of hydrogen-bond donors (Lipinski definition) is 0. The maximum absolute atomic E-state index is 13.3. The number of carbonyl (C=O) groups excluding carboxylic acids is 1. The van der Waals surface area contributed by atoms with Crippen LogP contribution in [0.3, 0.4) is 0 Å². The van der Waals surface area contributed by atoms with Crippen LogP contribution in [0.5, 0.6) is 0 Å². The van der Waals surface area contributed by atoms with Crippen molar-refractivity contribution in [3.8, 4) is 0 Å². The van der Waals surface area contributed by atoms with Gasteiger partial charge in [-0.3, -0.25) is 0 Å². The van der Waals surface area contributed by atoms with Crippen LogP contribution in [0.4, 0.5) is 0 Å². The van der Waals surface area contributed by atoms with E-state index in [0.717, 1.165) is 16.7 Å². The minimum atomic E-state index is -2.27. The van der Waals surface area contributed by atoms with Crippen molar-refractivity contribution in [3.63, 3.8) is 0 Å². The van der Waals surface area contributed by atoms with Crippen LogP contribution in [0.15, 0.2) is 115 Å². The van der Waals surface area contributed by atoms with Gasteiger partial charge in [0.2, 0.25) is 8.32 Å². The zero-order chi connectivity index (χ0) is 38.8. The van der Waals surface area contributed by atoms with Crippen molar-refractivity contribution in [1.29, 1.82) is 0 Å². The maximum atomic E-state index is 13.3. The summed E-state index contributed by atoms with van der Waals surface area (Å²) in [5, 5.41) is 0. The van der Waals surface area contributed by atoms with Gasteiger partial charge in [0.1, 0.15) is 37.8 Å². The summed E-state index contributed by atoms with van der Waals surface area (Å²) < 4.78 is 52.4. The largest absolute Gasteiger partial charge is 0.457 e. The highest BCUT2D eigenvalue weighted by Crippen LogP contribution is 2.43. The molecule has 2 fully saturated rings. The molecule has 0 bridgehead atoms. The van der Waals surface area contributed by atoms with Crippen molar-refractivity contribution in [1.82, 2.24) is 0 Å². The molecule has 294 valence electrons. The number of fused-ring (bicyclic) bond motifs is 1. The lowest BCUT2D eigenvalue weighted by atomic mass is 9.97. The summed E-state index contributed by atoms with van der Waals surface area (Å²) in [6.45, 7) is 14.4. The van der Waals surface area contributed by atoms with Gasteiger partial charge in [0, 0.05) is 5.56 Å². The normalized spacial score (nSPS) is 22.9. The second kappa shape index (κ2) is 19.4. The highest BCUT2D eigenvalue weighted by molar-refractivity contribution is 6.77. The van der Waals surface area contributed by atoms with Gasteiger partial charge in [-0.1, -0.05) is 151 Å². The third-order valence-corrected chi connectivity index (χ3v) is 16.8. The van der Waals surface area contributed by atoms with E-state index in [4.69, 9.17) is 37.6 Å². The summed E-state index contributed by atoms with van der Waals surface area (Å²) in [6, 6.07) is 36.7. The number of hydrogen-bond acceptors (Lipinski definition) is 9. The standard InChI is InChI=1S/C45H56O9Si/c1-31(2)55(32(3)4,33(5)6)52-30-51-41-40-39(29-50-44(54-40)36-22-14-9-15-23-36)53-45(42(41)47-26-34-18-10-7-11-19-34)49-28-37-24-16-17-25-38(37)43(46)48-27-35-20-12-8-13-21-35/h7-25,31-33,39-42,44-45H,26-30H2,1-6H3/t39-,40-,41+,42+,44-,45+/m1/s1. The third kappa shape index (κ3) is 10.00. The van der Waals surface area contributed by atoms with Gasteiger partial charge < -0.3 is 37.6 Å². The quantitative estimate of drug-likeness (QED) is 0.0592. The summed E-state index contributed by atoms with van der Waals surface area (Å²) in [5.74, 6) is -0.433. The second-order valence-corrected chi connectivity index (χ2v) is 20.7. The van der Waals surface area contributed by atoms with Crippen LogP contribution in [-0.2, 0) is 57.4 Å². The van der Waals surface area contributed by atoms with Crippen molar-refractivity contribution in [2.24, 2.45) is 0 Å². The van der Waals surface area contributed by atoms with E-state index < -0.39 is 51.3 Å². The molecule has 2 aliphatic rings. The minimum absolute atomic E-state index is 0.0610. The second-order valence-electron chi connectivity index (χ2n) is 15.2. The fraction of sp³-hybridized carbons (Fsp3) is 0.444. The molecule has 0 amide bonds. The van der Waals surface area contributed by atoms with Crippen LogP contribution >= 0.6 is 0 Å². The smallest absolute Gasteiger partial charge is 0.338 e. The Morgan fingerprint density at radius 1 is 0.655 bits per heavy atom. The first-order valence-corrected chi connectivity index (χ1v) is 21.6. The van der Waals surface area contributed by atoms with E-state index in [1.165, 1.54) is 0 Å². The summed E-state index contributed by atoms with van der Waals surface area (Å²) >= 11 is 0. The van der Waals surface area contributed by atoms with Gasteiger partial charge in [0.25, 0.3) is 0 Å². The molecule has 2 heterocycles. The molecular formula is C45H56O9Si. The predicted octanol–water partition coefficient (Wildman–Crippen LogP) is 9.52. The molecule has 55 heavy (non-hydrogen) atoms. The number of carbonyl (C=O) groups is 1. The first-order valence-electron chi connectivity index (χ1n) is 19.5. The lowest BCUT2D eigenvalue weighted by molar-refractivity contribution is -0.376. The van der Waals surface area contributed by atoms with E-state index in [0.29, 0.717) is 27.8 Å². The molecule has 6 rings (SSSR count). The highest BCUT2D eigenvalue weighted by atomic mass is 28.4. The summed E-state index contributed by atoms with van der Waals surface area (Å²) in [4.78, 5) is 13.3. The Balaban J connectivity index is 1.27. The van der Waals surface area contributed by atoms with E-state index >= 15 is 0 Å². The van der Waals surface area contributed by atoms with Crippen LogP contribution in [0, 0.1) is 0 Å². The van der Waals surface area contributed by atoms with Crippen LogP contribution in [0.25, 0.3) is 0 Å². The molecule has 10 heteroatoms. The average molecular weight is 769 g/mol. The lowest BCUT2D eigenvalue weighted by Gasteiger charge is -2.49. The molecule has 0 saturated carbocycles. The molecule has 0 aromatic heterocycles. The van der Waals surface area contributed by atoms with E-state index in [1.54, 1.807) is 6.07 Å². The van der Waals surface area contributed by atoms with E-state index in [9.17, 15) is 4.79 Å². The lowest BCUT2D eigenvalue weighted by Crippen LogP contribution is -2.64. The van der Waals surface area contributed by atoms with Gasteiger partial charge >= 0.3 is 5.97 Å². The van der Waals surface area contributed by atoms with Gasteiger partial charge in [-0.15, -0.1) is 0 Å². The van der Waals surface area contributed by atoms with E-state index in [2.05, 4.69) is 41.5 Å². The fourth-order valence-electron chi connectivity index (χ4n) is 8.13.